The second kappa shape index (κ2) is 11.0. The number of likely N-dealkylation sites (tertiary alicyclic amines) is 1. The van der Waals surface area contributed by atoms with E-state index < -0.39 is 23.6 Å². The summed E-state index contributed by atoms with van der Waals surface area (Å²) in [7, 11) is 0. The maximum absolute atomic E-state index is 13.4. The fourth-order valence-corrected chi connectivity index (χ4v) is 5.31. The van der Waals surface area contributed by atoms with Gasteiger partial charge in [0.15, 0.2) is 5.82 Å². The number of amides is 3. The van der Waals surface area contributed by atoms with Gasteiger partial charge in [0.25, 0.3) is 0 Å². The zero-order chi connectivity index (χ0) is 25.8. The van der Waals surface area contributed by atoms with E-state index in [2.05, 4.69) is 15.5 Å². The van der Waals surface area contributed by atoms with Crippen LogP contribution in [0.1, 0.15) is 56.2 Å². The average Bonchev–Trinajstić information content (AvgIpc) is 3.46. The molecule has 3 amide bonds. The molecule has 0 radical (unpaired) electrons. The van der Waals surface area contributed by atoms with E-state index in [-0.39, 0.29) is 35.8 Å². The molecule has 1 aliphatic carbocycles. The largest absolute Gasteiger partial charge is 0.465 e. The number of carbonyl (C=O) groups excluding carboxylic acids is 2. The Kier molecular flexibility index (Phi) is 7.85. The fourth-order valence-electron chi connectivity index (χ4n) is 5.31. The second-order valence-corrected chi connectivity index (χ2v) is 9.76. The Balaban J connectivity index is 1.30. The molecule has 2 aromatic rings. The molecule has 0 bridgehead atoms. The highest BCUT2D eigenvalue weighted by Crippen LogP contribution is 2.37. The lowest BCUT2D eigenvalue weighted by Crippen LogP contribution is -2.45. The van der Waals surface area contributed by atoms with Crippen LogP contribution >= 0.6 is 0 Å². The van der Waals surface area contributed by atoms with Crippen LogP contribution in [-0.4, -0.2) is 68.7 Å². The van der Waals surface area contributed by atoms with Crippen molar-refractivity contribution in [1.82, 2.24) is 20.0 Å². The van der Waals surface area contributed by atoms with Gasteiger partial charge in [0, 0.05) is 56.3 Å². The van der Waals surface area contributed by atoms with E-state index in [9.17, 15) is 28.3 Å². The van der Waals surface area contributed by atoms with Crippen molar-refractivity contribution in [3.8, 4) is 0 Å². The summed E-state index contributed by atoms with van der Waals surface area (Å²) in [6.07, 6.45) is 2.64. The van der Waals surface area contributed by atoms with E-state index in [1.807, 2.05) is 0 Å². The first-order valence-corrected chi connectivity index (χ1v) is 12.2. The lowest BCUT2D eigenvalue weighted by atomic mass is 9.95. The van der Waals surface area contributed by atoms with E-state index in [1.165, 1.54) is 0 Å². The second-order valence-electron chi connectivity index (χ2n) is 9.76. The Labute approximate surface area is 207 Å². The molecule has 9 nitrogen and oxygen atoms in total. The molecule has 11 heteroatoms. The summed E-state index contributed by atoms with van der Waals surface area (Å²) in [5.41, 5.74) is 1.03. The Morgan fingerprint density at radius 3 is 2.44 bits per heavy atom. The van der Waals surface area contributed by atoms with Crippen molar-refractivity contribution in [3.63, 3.8) is 0 Å². The predicted octanol–water partition coefficient (Wildman–Crippen LogP) is 3.74. The van der Waals surface area contributed by atoms with Crippen LogP contribution < -0.4 is 5.32 Å². The van der Waals surface area contributed by atoms with Gasteiger partial charge in [-0.1, -0.05) is 0 Å². The SMILES string of the molecule is CC(=O)N1CCC(CN(C(=O)O)[C@H]2CC[C@@H](c3cc(NC(=O)Cc4cc(F)cc(F)c4)n[nH]3)C2)CC1. The third-order valence-corrected chi connectivity index (χ3v) is 7.20. The maximum Gasteiger partial charge on any atom is 0.407 e. The molecule has 2 fully saturated rings. The Morgan fingerprint density at radius 2 is 1.81 bits per heavy atom. The van der Waals surface area contributed by atoms with Crippen molar-refractivity contribution in [3.05, 3.63) is 47.2 Å². The van der Waals surface area contributed by atoms with Crippen LogP contribution in [0.3, 0.4) is 0 Å². The number of hydrogen-bond acceptors (Lipinski definition) is 4. The Bertz CT molecular complexity index is 1100. The van der Waals surface area contributed by atoms with Gasteiger partial charge < -0.3 is 20.2 Å². The molecule has 36 heavy (non-hydrogen) atoms. The molecule has 2 aliphatic rings. The number of carbonyl (C=O) groups is 3. The number of anilines is 1. The van der Waals surface area contributed by atoms with Gasteiger partial charge >= 0.3 is 6.09 Å². The van der Waals surface area contributed by atoms with Gasteiger partial charge in [-0.3, -0.25) is 14.7 Å². The van der Waals surface area contributed by atoms with Crippen LogP contribution in [0.15, 0.2) is 24.3 Å². The Morgan fingerprint density at radius 1 is 1.11 bits per heavy atom. The number of aromatic amines is 1. The third kappa shape index (κ3) is 6.38. The van der Waals surface area contributed by atoms with Gasteiger partial charge in [0.05, 0.1) is 6.42 Å². The molecule has 2 atom stereocenters. The molecular weight excluding hydrogens is 472 g/mol. The number of nitrogens with zero attached hydrogens (tertiary/aromatic N) is 3. The summed E-state index contributed by atoms with van der Waals surface area (Å²) in [5.74, 6) is -1.26. The zero-order valence-electron chi connectivity index (χ0n) is 20.2. The molecule has 4 rings (SSSR count). The topological polar surface area (TPSA) is 119 Å². The lowest BCUT2D eigenvalue weighted by molar-refractivity contribution is -0.130. The summed E-state index contributed by atoms with van der Waals surface area (Å²) in [6.45, 7) is 3.35. The first kappa shape index (κ1) is 25.6. The number of piperidine rings is 1. The fraction of sp³-hybridized carbons (Fsp3) is 0.520. The van der Waals surface area contributed by atoms with Crippen molar-refractivity contribution in [2.24, 2.45) is 5.92 Å². The molecule has 1 saturated heterocycles. The number of H-pyrrole nitrogens is 1. The number of hydrogen-bond donors (Lipinski definition) is 3. The first-order chi connectivity index (χ1) is 17.2. The van der Waals surface area contributed by atoms with E-state index in [1.54, 1.807) is 22.8 Å². The highest BCUT2D eigenvalue weighted by molar-refractivity contribution is 5.91. The van der Waals surface area contributed by atoms with Gasteiger partial charge in [-0.25, -0.2) is 13.6 Å². The Hall–Kier alpha value is -3.50. The molecule has 1 saturated carbocycles. The summed E-state index contributed by atoms with van der Waals surface area (Å²) < 4.78 is 26.7. The van der Waals surface area contributed by atoms with Crippen molar-refractivity contribution in [2.75, 3.05) is 25.0 Å². The number of benzene rings is 1. The van der Waals surface area contributed by atoms with Crippen LogP contribution in [0.2, 0.25) is 0 Å². The molecule has 1 aromatic heterocycles. The van der Waals surface area contributed by atoms with E-state index in [4.69, 9.17) is 0 Å². The minimum atomic E-state index is -0.930. The van der Waals surface area contributed by atoms with E-state index >= 15 is 0 Å². The van der Waals surface area contributed by atoms with E-state index in [0.29, 0.717) is 31.9 Å². The van der Waals surface area contributed by atoms with Crippen LogP contribution in [0.25, 0.3) is 0 Å². The molecule has 0 unspecified atom stereocenters. The lowest BCUT2D eigenvalue weighted by Gasteiger charge is -2.35. The van der Waals surface area contributed by atoms with Gasteiger partial charge in [-0.05, 0) is 55.7 Å². The van der Waals surface area contributed by atoms with Crippen LogP contribution in [0, 0.1) is 17.6 Å². The summed E-state index contributed by atoms with van der Waals surface area (Å²) in [5, 5.41) is 19.6. The summed E-state index contributed by atoms with van der Waals surface area (Å²) in [6, 6.07) is 4.58. The molecule has 2 heterocycles. The van der Waals surface area contributed by atoms with E-state index in [0.717, 1.165) is 49.6 Å². The predicted molar refractivity (Wildman–Crippen MR) is 127 cm³/mol. The van der Waals surface area contributed by atoms with Gasteiger partial charge in [0.2, 0.25) is 11.8 Å². The molecule has 1 aromatic carbocycles. The molecule has 3 N–H and O–H groups in total. The van der Waals surface area contributed by atoms with Crippen molar-refractivity contribution in [2.45, 2.75) is 57.4 Å². The standard InChI is InChI=1S/C25H31F2N5O4/c1-15(33)31-6-4-16(5-7-31)14-32(25(35)36)21-3-2-18(11-21)22-13-23(30-29-22)28-24(34)10-17-8-19(26)12-20(27)9-17/h8-9,12-13,16,18,21H,2-7,10-11,14H2,1H3,(H,35,36)(H2,28,29,30,34)/t18-,21+/m1/s1. The normalized spacial score (nSPS) is 20.4. The number of aromatic nitrogens is 2. The van der Waals surface area contributed by atoms with Crippen molar-refractivity contribution < 1.29 is 28.3 Å². The monoisotopic (exact) mass is 503 g/mol. The average molecular weight is 504 g/mol. The van der Waals surface area contributed by atoms with Crippen molar-refractivity contribution in [1.29, 1.82) is 0 Å². The highest BCUT2D eigenvalue weighted by atomic mass is 19.1. The van der Waals surface area contributed by atoms with Crippen LogP contribution in [-0.2, 0) is 16.0 Å². The molecule has 194 valence electrons. The van der Waals surface area contributed by atoms with Crippen LogP contribution in [0.5, 0.6) is 0 Å². The zero-order valence-corrected chi connectivity index (χ0v) is 20.2. The summed E-state index contributed by atoms with van der Waals surface area (Å²) >= 11 is 0. The minimum absolute atomic E-state index is 0.0557. The number of rotatable bonds is 7. The van der Waals surface area contributed by atoms with Gasteiger partial charge in [-0.2, -0.15) is 5.10 Å². The molecular formula is C25H31F2N5O4. The smallest absolute Gasteiger partial charge is 0.407 e. The third-order valence-electron chi connectivity index (χ3n) is 7.20. The van der Waals surface area contributed by atoms with Crippen molar-refractivity contribution >= 4 is 23.7 Å². The van der Waals surface area contributed by atoms with Gasteiger partial charge in [0.1, 0.15) is 11.6 Å². The maximum atomic E-state index is 13.4. The molecule has 0 spiro atoms. The van der Waals surface area contributed by atoms with Crippen LogP contribution in [0.4, 0.5) is 19.4 Å². The number of carboxylic acid groups (broad SMARTS) is 1. The number of nitrogens with one attached hydrogen (secondary N) is 2. The summed E-state index contributed by atoms with van der Waals surface area (Å²) in [4.78, 5) is 39.2. The first-order valence-electron chi connectivity index (χ1n) is 12.2. The molecule has 1 aliphatic heterocycles. The minimum Gasteiger partial charge on any atom is -0.465 e. The number of halogens is 2. The quantitative estimate of drug-likeness (QED) is 0.532. The van der Waals surface area contributed by atoms with Gasteiger partial charge in [-0.15, -0.1) is 0 Å². The highest BCUT2D eigenvalue weighted by Gasteiger charge is 2.35.